The Bertz CT molecular complexity index is 879. The Kier molecular flexibility index (Phi) is 2.08. The number of hydrogen-bond donors (Lipinski definition) is 0. The van der Waals surface area contributed by atoms with Crippen LogP contribution in [-0.4, -0.2) is 19.5 Å². The predicted octanol–water partition coefficient (Wildman–Crippen LogP) is 2.97. The van der Waals surface area contributed by atoms with Crippen LogP contribution in [0.4, 0.5) is 0 Å². The van der Waals surface area contributed by atoms with E-state index in [0.717, 1.165) is 27.6 Å². The van der Waals surface area contributed by atoms with E-state index in [2.05, 4.69) is 21.0 Å². The van der Waals surface area contributed by atoms with Gasteiger partial charge in [-0.1, -0.05) is 0 Å². The van der Waals surface area contributed by atoms with Crippen molar-refractivity contribution in [3.05, 3.63) is 61.3 Å². The lowest BCUT2D eigenvalue weighted by atomic mass is 10.2. The molecule has 19 heavy (non-hydrogen) atoms. The van der Waals surface area contributed by atoms with Crippen LogP contribution in [-0.2, 0) is 0 Å². The lowest BCUT2D eigenvalue weighted by Crippen LogP contribution is -1.96. The van der Waals surface area contributed by atoms with Crippen molar-refractivity contribution in [2.24, 2.45) is 0 Å². The summed E-state index contributed by atoms with van der Waals surface area (Å²) in [4.78, 5) is 12.9. The van der Waals surface area contributed by atoms with E-state index >= 15 is 0 Å². The zero-order valence-electron chi connectivity index (χ0n) is 10.1. The molecule has 4 nitrogen and oxygen atoms in total. The average Bonchev–Trinajstić information content (AvgIpc) is 2.91. The minimum atomic E-state index is 0.890. The number of rotatable bonds is 1. The van der Waals surface area contributed by atoms with Crippen molar-refractivity contribution >= 4 is 21.8 Å². The number of nitrogens with zero attached hydrogens (tertiary/aromatic N) is 4. The van der Waals surface area contributed by atoms with Crippen LogP contribution in [0.25, 0.3) is 27.6 Å². The van der Waals surface area contributed by atoms with Gasteiger partial charge in [0.15, 0.2) is 0 Å². The number of pyridine rings is 3. The lowest BCUT2D eigenvalue weighted by Gasteiger charge is -2.05. The van der Waals surface area contributed by atoms with Gasteiger partial charge in [0.25, 0.3) is 0 Å². The van der Waals surface area contributed by atoms with Crippen molar-refractivity contribution in [3.8, 4) is 5.82 Å². The van der Waals surface area contributed by atoms with Gasteiger partial charge in [0.05, 0.1) is 17.2 Å². The molecule has 0 atom stereocenters. The normalized spacial score (nSPS) is 11.2. The molecule has 90 valence electrons. The summed E-state index contributed by atoms with van der Waals surface area (Å²) >= 11 is 0. The van der Waals surface area contributed by atoms with Gasteiger partial charge in [-0.2, -0.15) is 0 Å². The van der Waals surface area contributed by atoms with E-state index in [1.807, 2.05) is 47.4 Å². The number of fused-ring (bicyclic) bond motifs is 2. The molecule has 0 bridgehead atoms. The maximum atomic E-state index is 4.66. The molecule has 0 fully saturated rings. The van der Waals surface area contributed by atoms with Crippen molar-refractivity contribution in [2.45, 2.75) is 0 Å². The quantitative estimate of drug-likeness (QED) is 0.518. The molecular weight excluding hydrogens is 236 g/mol. The Balaban J connectivity index is 1.99. The molecule has 0 saturated heterocycles. The minimum absolute atomic E-state index is 0.890. The molecule has 0 aliphatic rings. The molecule has 0 aromatic carbocycles. The van der Waals surface area contributed by atoms with Crippen LogP contribution in [0, 0.1) is 0 Å². The topological polar surface area (TPSA) is 43.6 Å². The molecule has 0 N–H and O–H groups in total. The smallest absolute Gasteiger partial charge is 0.137 e. The highest BCUT2D eigenvalue weighted by Gasteiger charge is 2.04. The van der Waals surface area contributed by atoms with Crippen molar-refractivity contribution in [3.63, 3.8) is 0 Å². The van der Waals surface area contributed by atoms with Crippen molar-refractivity contribution < 1.29 is 0 Å². The summed E-state index contributed by atoms with van der Waals surface area (Å²) in [5, 5.41) is 2.20. The largest absolute Gasteiger partial charge is 0.300 e. The van der Waals surface area contributed by atoms with Gasteiger partial charge in [-0.3, -0.25) is 14.5 Å². The van der Waals surface area contributed by atoms with Crippen LogP contribution in [0.3, 0.4) is 0 Å². The third kappa shape index (κ3) is 1.57. The van der Waals surface area contributed by atoms with E-state index < -0.39 is 0 Å². The first-order valence-corrected chi connectivity index (χ1v) is 6.04. The van der Waals surface area contributed by atoms with Crippen LogP contribution in [0.1, 0.15) is 0 Å². The maximum absolute atomic E-state index is 4.66. The second-order valence-corrected chi connectivity index (χ2v) is 4.36. The lowest BCUT2D eigenvalue weighted by molar-refractivity contribution is 1.05. The summed E-state index contributed by atoms with van der Waals surface area (Å²) in [6.07, 6.45) is 9.25. The third-order valence-electron chi connectivity index (χ3n) is 3.22. The maximum Gasteiger partial charge on any atom is 0.137 e. The summed E-state index contributed by atoms with van der Waals surface area (Å²) in [7, 11) is 0. The second kappa shape index (κ2) is 3.88. The fraction of sp³-hybridized carbons (Fsp3) is 0. The fourth-order valence-electron chi connectivity index (χ4n) is 2.26. The molecule has 4 heterocycles. The molecule has 4 aromatic heterocycles. The zero-order chi connectivity index (χ0) is 12.7. The molecule has 4 aromatic rings. The van der Waals surface area contributed by atoms with Gasteiger partial charge in [-0.05, 0) is 30.3 Å². The van der Waals surface area contributed by atoms with E-state index in [4.69, 9.17) is 0 Å². The predicted molar refractivity (Wildman–Crippen MR) is 74.2 cm³/mol. The van der Waals surface area contributed by atoms with Crippen molar-refractivity contribution in [1.82, 2.24) is 19.5 Å². The second-order valence-electron chi connectivity index (χ2n) is 4.36. The summed E-state index contributed by atoms with van der Waals surface area (Å²) in [5.41, 5.74) is 2.00. The highest BCUT2D eigenvalue weighted by Crippen LogP contribution is 2.20. The third-order valence-corrected chi connectivity index (χ3v) is 3.22. The molecule has 0 aliphatic heterocycles. The zero-order valence-corrected chi connectivity index (χ0v) is 10.1. The fourth-order valence-corrected chi connectivity index (χ4v) is 2.26. The van der Waals surface area contributed by atoms with Gasteiger partial charge in [-0.15, -0.1) is 0 Å². The minimum Gasteiger partial charge on any atom is -0.300 e. The Labute approximate surface area is 109 Å². The van der Waals surface area contributed by atoms with Crippen LogP contribution >= 0.6 is 0 Å². The average molecular weight is 246 g/mol. The van der Waals surface area contributed by atoms with Crippen LogP contribution in [0.5, 0.6) is 0 Å². The Hall–Kier alpha value is -2.75. The first kappa shape index (κ1) is 10.2. The molecular formula is C15H10N4. The number of aromatic nitrogens is 4. The van der Waals surface area contributed by atoms with Gasteiger partial charge >= 0.3 is 0 Å². The van der Waals surface area contributed by atoms with E-state index in [-0.39, 0.29) is 0 Å². The SMILES string of the molecule is c1cc2nc(-n3ccc4ccncc43)ccc2cn1. The molecule has 0 radical (unpaired) electrons. The highest BCUT2D eigenvalue weighted by molar-refractivity contribution is 5.82. The summed E-state index contributed by atoms with van der Waals surface area (Å²) < 4.78 is 2.04. The van der Waals surface area contributed by atoms with Gasteiger partial charge in [0.2, 0.25) is 0 Å². The number of hydrogen-bond acceptors (Lipinski definition) is 3. The molecule has 4 heteroatoms. The van der Waals surface area contributed by atoms with Gasteiger partial charge in [0.1, 0.15) is 5.82 Å². The standard InChI is InChI=1S/C15H10N4/c1-2-15(18-13-4-7-16-9-12(1)13)19-8-5-11-3-6-17-10-14(11)19/h1-10H. The highest BCUT2D eigenvalue weighted by atomic mass is 15.1. The van der Waals surface area contributed by atoms with Gasteiger partial charge in [0, 0.05) is 35.6 Å². The molecule has 0 amide bonds. The summed E-state index contributed by atoms with van der Waals surface area (Å²) in [5.74, 6) is 0.890. The molecule has 0 unspecified atom stereocenters. The first-order valence-electron chi connectivity index (χ1n) is 6.04. The van der Waals surface area contributed by atoms with Crippen molar-refractivity contribution in [2.75, 3.05) is 0 Å². The monoisotopic (exact) mass is 246 g/mol. The van der Waals surface area contributed by atoms with E-state index in [1.54, 1.807) is 12.4 Å². The molecule has 0 saturated carbocycles. The molecule has 4 rings (SSSR count). The van der Waals surface area contributed by atoms with Crippen LogP contribution < -0.4 is 0 Å². The Morgan fingerprint density at radius 3 is 2.68 bits per heavy atom. The van der Waals surface area contributed by atoms with E-state index in [9.17, 15) is 0 Å². The molecule has 0 spiro atoms. The Morgan fingerprint density at radius 2 is 1.68 bits per heavy atom. The van der Waals surface area contributed by atoms with E-state index in [1.165, 1.54) is 0 Å². The summed E-state index contributed by atoms with van der Waals surface area (Å²) in [6, 6.07) is 10.0. The van der Waals surface area contributed by atoms with Crippen LogP contribution in [0.2, 0.25) is 0 Å². The van der Waals surface area contributed by atoms with Gasteiger partial charge in [-0.25, -0.2) is 4.98 Å². The van der Waals surface area contributed by atoms with Crippen molar-refractivity contribution in [1.29, 1.82) is 0 Å². The Morgan fingerprint density at radius 1 is 0.789 bits per heavy atom. The van der Waals surface area contributed by atoms with Gasteiger partial charge < -0.3 is 0 Å². The van der Waals surface area contributed by atoms with Crippen LogP contribution in [0.15, 0.2) is 61.3 Å². The summed E-state index contributed by atoms with van der Waals surface area (Å²) in [6.45, 7) is 0. The molecule has 0 aliphatic carbocycles. The first-order chi connectivity index (χ1) is 9.42. The van der Waals surface area contributed by atoms with E-state index in [0.29, 0.717) is 0 Å².